The summed E-state index contributed by atoms with van der Waals surface area (Å²) >= 11 is 0. The molecule has 0 spiro atoms. The summed E-state index contributed by atoms with van der Waals surface area (Å²) in [4.78, 5) is 14.7. The molecule has 1 aliphatic carbocycles. The highest BCUT2D eigenvalue weighted by atomic mass is 15.0. The summed E-state index contributed by atoms with van der Waals surface area (Å²) in [6.45, 7) is 0. The number of fused-ring (bicyclic) bond motifs is 3. The van der Waals surface area contributed by atoms with Crippen molar-refractivity contribution in [2.45, 2.75) is 0 Å². The summed E-state index contributed by atoms with van der Waals surface area (Å²) < 4.78 is 0. The molecule has 0 saturated heterocycles. The molecule has 0 amide bonds. The van der Waals surface area contributed by atoms with Crippen LogP contribution in [-0.4, -0.2) is 26.4 Å². The summed E-state index contributed by atoms with van der Waals surface area (Å²) in [7, 11) is 0. The molecule has 0 atom stereocenters. The van der Waals surface area contributed by atoms with E-state index in [0.29, 0.717) is 17.5 Å². The molecule has 0 bridgehead atoms. The van der Waals surface area contributed by atoms with Crippen LogP contribution in [-0.2, 0) is 0 Å². The molecular weight excluding hydrogens is 490 g/mol. The van der Waals surface area contributed by atoms with Gasteiger partial charge < -0.3 is 0 Å². The molecular formula is C35H23N5. The smallest absolute Gasteiger partial charge is 0.164 e. The lowest BCUT2D eigenvalue weighted by molar-refractivity contribution is 1.07. The lowest BCUT2D eigenvalue weighted by Crippen LogP contribution is -2.16. The van der Waals surface area contributed by atoms with Gasteiger partial charge in [0.15, 0.2) is 17.5 Å². The molecule has 2 N–H and O–H groups in total. The molecule has 7 rings (SSSR count). The molecule has 0 unspecified atom stereocenters. The highest BCUT2D eigenvalue weighted by Crippen LogP contribution is 2.35. The second kappa shape index (κ2) is 9.64. The zero-order valence-electron chi connectivity index (χ0n) is 21.5. The number of hydrogen-bond donors (Lipinski definition) is 2. The molecule has 1 aliphatic rings. The summed E-state index contributed by atoms with van der Waals surface area (Å²) in [6.07, 6.45) is 3.59. The monoisotopic (exact) mass is 513 g/mol. The van der Waals surface area contributed by atoms with E-state index in [1.165, 1.54) is 0 Å². The van der Waals surface area contributed by atoms with Crippen molar-refractivity contribution >= 4 is 28.3 Å². The van der Waals surface area contributed by atoms with Crippen molar-refractivity contribution in [2.75, 3.05) is 0 Å². The van der Waals surface area contributed by atoms with Crippen LogP contribution in [0.4, 0.5) is 0 Å². The standard InChI is InChI=1S/C35H23N5/c36-30-20-18-22-15-16-26-21-25(17-19-28(26)31(22)32(30)37)27-13-7-8-14-29(27)35-39-33(23-9-3-1-4-10-23)38-34(40-35)24-11-5-2-6-12-24/h1-21,36-37H. The van der Waals surface area contributed by atoms with Crippen molar-refractivity contribution in [3.8, 4) is 45.3 Å². The maximum Gasteiger partial charge on any atom is 0.164 e. The number of allylic oxidation sites excluding steroid dienone is 1. The van der Waals surface area contributed by atoms with Crippen LogP contribution in [0.15, 0.2) is 121 Å². The van der Waals surface area contributed by atoms with Crippen LogP contribution in [0, 0.1) is 10.8 Å². The Labute approximate surface area is 231 Å². The SMILES string of the molecule is N=C1C=Cc2ccc3cc(-c4ccccc4-c4nc(-c5ccccc5)nc(-c5ccccc5)n4)ccc3c2C1=N. The molecule has 0 fully saturated rings. The minimum Gasteiger partial charge on any atom is -0.299 e. The fourth-order valence-corrected chi connectivity index (χ4v) is 5.18. The number of benzene rings is 5. The van der Waals surface area contributed by atoms with Gasteiger partial charge in [-0.2, -0.15) is 0 Å². The fourth-order valence-electron chi connectivity index (χ4n) is 5.18. The van der Waals surface area contributed by atoms with E-state index in [-0.39, 0.29) is 11.4 Å². The second-order valence-corrected chi connectivity index (χ2v) is 9.67. The maximum absolute atomic E-state index is 8.51. The van der Waals surface area contributed by atoms with E-state index >= 15 is 0 Å². The highest BCUT2D eigenvalue weighted by molar-refractivity contribution is 6.53. The predicted octanol–water partition coefficient (Wildman–Crippen LogP) is 8.11. The normalized spacial score (nSPS) is 12.5. The van der Waals surface area contributed by atoms with Gasteiger partial charge in [-0.05, 0) is 39.6 Å². The first-order chi connectivity index (χ1) is 19.7. The van der Waals surface area contributed by atoms with Gasteiger partial charge in [-0.15, -0.1) is 0 Å². The molecule has 0 saturated carbocycles. The van der Waals surface area contributed by atoms with E-state index in [0.717, 1.165) is 49.7 Å². The van der Waals surface area contributed by atoms with Crippen molar-refractivity contribution in [3.63, 3.8) is 0 Å². The average Bonchev–Trinajstić information content (AvgIpc) is 3.03. The minimum absolute atomic E-state index is 0.229. The summed E-state index contributed by atoms with van der Waals surface area (Å²) in [6, 6.07) is 38.5. The Hall–Kier alpha value is -5.55. The number of rotatable bonds is 4. The summed E-state index contributed by atoms with van der Waals surface area (Å²) in [5.41, 5.74) is 7.06. The van der Waals surface area contributed by atoms with Crippen LogP contribution < -0.4 is 0 Å². The molecule has 1 heterocycles. The van der Waals surface area contributed by atoms with Crippen molar-refractivity contribution in [2.24, 2.45) is 0 Å². The van der Waals surface area contributed by atoms with Gasteiger partial charge >= 0.3 is 0 Å². The van der Waals surface area contributed by atoms with E-state index < -0.39 is 0 Å². The fraction of sp³-hybridized carbons (Fsp3) is 0. The highest BCUT2D eigenvalue weighted by Gasteiger charge is 2.19. The molecule has 1 aromatic heterocycles. The van der Waals surface area contributed by atoms with Crippen LogP contribution in [0.3, 0.4) is 0 Å². The average molecular weight is 514 g/mol. The number of hydrogen-bond acceptors (Lipinski definition) is 5. The van der Waals surface area contributed by atoms with Gasteiger partial charge in [0.1, 0.15) is 0 Å². The number of nitrogens with zero attached hydrogens (tertiary/aromatic N) is 3. The molecule has 5 nitrogen and oxygen atoms in total. The lowest BCUT2D eigenvalue weighted by atomic mass is 9.88. The number of aromatic nitrogens is 3. The van der Waals surface area contributed by atoms with E-state index in [2.05, 4.69) is 30.3 Å². The van der Waals surface area contributed by atoms with Crippen LogP contribution in [0.1, 0.15) is 11.1 Å². The zero-order valence-corrected chi connectivity index (χ0v) is 21.5. The van der Waals surface area contributed by atoms with Crippen LogP contribution in [0.2, 0.25) is 0 Å². The van der Waals surface area contributed by atoms with Gasteiger partial charge in [-0.25, -0.2) is 15.0 Å². The Morgan fingerprint density at radius 3 is 1.75 bits per heavy atom. The van der Waals surface area contributed by atoms with E-state index in [1.54, 1.807) is 6.08 Å². The second-order valence-electron chi connectivity index (χ2n) is 9.67. The predicted molar refractivity (Wildman–Crippen MR) is 163 cm³/mol. The minimum atomic E-state index is 0.229. The van der Waals surface area contributed by atoms with Crippen molar-refractivity contribution in [1.82, 2.24) is 15.0 Å². The third kappa shape index (κ3) is 4.10. The van der Waals surface area contributed by atoms with Gasteiger partial charge in [-0.3, -0.25) is 10.8 Å². The first-order valence-corrected chi connectivity index (χ1v) is 13.0. The molecule has 188 valence electrons. The largest absolute Gasteiger partial charge is 0.299 e. The van der Waals surface area contributed by atoms with E-state index in [9.17, 15) is 0 Å². The molecule has 5 heteroatoms. The van der Waals surface area contributed by atoms with E-state index in [4.69, 9.17) is 25.8 Å². The van der Waals surface area contributed by atoms with Crippen LogP contribution in [0.5, 0.6) is 0 Å². The Balaban J connectivity index is 1.40. The van der Waals surface area contributed by atoms with Crippen molar-refractivity contribution in [1.29, 1.82) is 10.8 Å². The molecule has 5 aromatic carbocycles. The first kappa shape index (κ1) is 23.6. The van der Waals surface area contributed by atoms with Crippen LogP contribution >= 0.6 is 0 Å². The number of nitrogens with one attached hydrogen (secondary N) is 2. The third-order valence-corrected chi connectivity index (χ3v) is 7.18. The molecule has 40 heavy (non-hydrogen) atoms. The quantitative estimate of drug-likeness (QED) is 0.250. The van der Waals surface area contributed by atoms with Gasteiger partial charge in [0.2, 0.25) is 0 Å². The first-order valence-electron chi connectivity index (χ1n) is 13.0. The lowest BCUT2D eigenvalue weighted by Gasteiger charge is -2.17. The van der Waals surface area contributed by atoms with Gasteiger partial charge in [-0.1, -0.05) is 115 Å². The molecule has 0 radical (unpaired) electrons. The van der Waals surface area contributed by atoms with Gasteiger partial charge in [0.05, 0.1) is 11.4 Å². The summed E-state index contributed by atoms with van der Waals surface area (Å²) in [5, 5.41) is 18.6. The summed E-state index contributed by atoms with van der Waals surface area (Å²) in [5.74, 6) is 1.85. The Morgan fingerprint density at radius 1 is 0.475 bits per heavy atom. The van der Waals surface area contributed by atoms with Crippen molar-refractivity contribution < 1.29 is 0 Å². The van der Waals surface area contributed by atoms with Crippen molar-refractivity contribution in [3.05, 3.63) is 132 Å². The van der Waals surface area contributed by atoms with Crippen LogP contribution in [0.25, 0.3) is 62.1 Å². The van der Waals surface area contributed by atoms with Gasteiger partial charge in [0.25, 0.3) is 0 Å². The van der Waals surface area contributed by atoms with E-state index in [1.807, 2.05) is 91.0 Å². The maximum atomic E-state index is 8.51. The topological polar surface area (TPSA) is 86.4 Å². The zero-order chi connectivity index (χ0) is 27.1. The van der Waals surface area contributed by atoms with Gasteiger partial charge in [0, 0.05) is 22.3 Å². The Morgan fingerprint density at radius 2 is 1.07 bits per heavy atom. The Bertz CT molecular complexity index is 1920. The molecule has 6 aromatic rings. The third-order valence-electron chi connectivity index (χ3n) is 7.18. The Kier molecular flexibility index (Phi) is 5.68. The molecule has 0 aliphatic heterocycles.